The summed E-state index contributed by atoms with van der Waals surface area (Å²) in [5.74, 6) is 1.66. The zero-order valence-electron chi connectivity index (χ0n) is 17.6. The van der Waals surface area contributed by atoms with E-state index in [0.717, 1.165) is 31.4 Å². The van der Waals surface area contributed by atoms with E-state index < -0.39 is 0 Å². The van der Waals surface area contributed by atoms with Crippen LogP contribution in [0.1, 0.15) is 31.2 Å². The summed E-state index contributed by atoms with van der Waals surface area (Å²) in [5, 5.41) is 2.91. The zero-order valence-corrected chi connectivity index (χ0v) is 17.6. The normalized spacial score (nSPS) is 16.1. The van der Waals surface area contributed by atoms with E-state index in [-0.39, 0.29) is 11.8 Å². The highest BCUT2D eigenvalue weighted by Gasteiger charge is 2.24. The molecular weight excluding hydrogens is 382 g/mol. The monoisotopic (exact) mass is 411 g/mol. The molecule has 1 aromatic heterocycles. The number of anilines is 1. The van der Waals surface area contributed by atoms with Gasteiger partial charge in [-0.05, 0) is 36.8 Å². The molecule has 0 saturated carbocycles. The second-order valence-corrected chi connectivity index (χ2v) is 7.57. The highest BCUT2D eigenvalue weighted by Crippen LogP contribution is 2.26. The van der Waals surface area contributed by atoms with Gasteiger partial charge in [0.2, 0.25) is 11.8 Å². The van der Waals surface area contributed by atoms with Crippen molar-refractivity contribution in [2.45, 2.75) is 32.1 Å². The molecule has 1 aliphatic heterocycles. The average molecular weight is 412 g/mol. The van der Waals surface area contributed by atoms with Gasteiger partial charge in [0.05, 0.1) is 20.6 Å². The molecule has 2 aromatic rings. The van der Waals surface area contributed by atoms with Crippen molar-refractivity contribution in [3.05, 3.63) is 48.3 Å². The number of carbonyl (C=O) groups is 2. The molecule has 7 nitrogen and oxygen atoms in total. The smallest absolute Gasteiger partial charge is 0.227 e. The number of ether oxygens (including phenoxy) is 2. The number of nitrogens with zero attached hydrogens (tertiary/aromatic N) is 2. The van der Waals surface area contributed by atoms with Gasteiger partial charge in [-0.2, -0.15) is 0 Å². The van der Waals surface area contributed by atoms with Crippen LogP contribution >= 0.6 is 0 Å². The third-order valence-corrected chi connectivity index (χ3v) is 5.36. The van der Waals surface area contributed by atoms with E-state index in [4.69, 9.17) is 9.47 Å². The predicted molar refractivity (Wildman–Crippen MR) is 115 cm³/mol. The number of methoxy groups -OCH3 is 2. The second kappa shape index (κ2) is 10.6. The van der Waals surface area contributed by atoms with Gasteiger partial charge in [-0.15, -0.1) is 0 Å². The number of carbonyl (C=O) groups excluding carboxylic acids is 2. The average Bonchev–Trinajstić information content (AvgIpc) is 2.78. The summed E-state index contributed by atoms with van der Waals surface area (Å²) in [6.07, 6.45) is 6.99. The first-order valence-corrected chi connectivity index (χ1v) is 10.3. The minimum absolute atomic E-state index is 0.0517. The third kappa shape index (κ3) is 6.20. The van der Waals surface area contributed by atoms with Crippen molar-refractivity contribution in [2.75, 3.05) is 32.6 Å². The molecule has 1 aliphatic rings. The van der Waals surface area contributed by atoms with Crippen LogP contribution in [0.25, 0.3) is 0 Å². The highest BCUT2D eigenvalue weighted by atomic mass is 16.5. The SMILES string of the molecule is COc1cc(NC(=O)CC[C@H]2CCCN(C(=O)Cc3cccnc3)C2)cc(OC)c1. The van der Waals surface area contributed by atoms with Crippen molar-refractivity contribution >= 4 is 17.5 Å². The zero-order chi connectivity index (χ0) is 21.3. The first-order chi connectivity index (χ1) is 14.6. The maximum Gasteiger partial charge on any atom is 0.227 e. The molecule has 0 unspecified atom stereocenters. The first kappa shape index (κ1) is 21.6. The van der Waals surface area contributed by atoms with Crippen molar-refractivity contribution in [3.63, 3.8) is 0 Å². The van der Waals surface area contributed by atoms with Gasteiger partial charge in [0.1, 0.15) is 11.5 Å². The molecule has 0 radical (unpaired) electrons. The van der Waals surface area contributed by atoms with E-state index >= 15 is 0 Å². The van der Waals surface area contributed by atoms with E-state index in [2.05, 4.69) is 10.3 Å². The minimum atomic E-state index is -0.0517. The fourth-order valence-electron chi connectivity index (χ4n) is 3.75. The van der Waals surface area contributed by atoms with Gasteiger partial charge in [0, 0.05) is 55.8 Å². The van der Waals surface area contributed by atoms with Crippen LogP contribution in [-0.4, -0.2) is 49.0 Å². The number of benzene rings is 1. The van der Waals surface area contributed by atoms with Crippen molar-refractivity contribution in [1.29, 1.82) is 0 Å². The molecule has 30 heavy (non-hydrogen) atoms. The maximum absolute atomic E-state index is 12.6. The fraction of sp³-hybridized carbons (Fsp3) is 0.435. The molecular formula is C23H29N3O4. The highest BCUT2D eigenvalue weighted by molar-refractivity contribution is 5.91. The molecule has 1 aromatic carbocycles. The van der Waals surface area contributed by atoms with E-state index in [1.54, 1.807) is 44.8 Å². The number of likely N-dealkylation sites (tertiary alicyclic amines) is 1. The molecule has 2 heterocycles. The van der Waals surface area contributed by atoms with Crippen LogP contribution in [0, 0.1) is 5.92 Å². The van der Waals surface area contributed by atoms with Crippen LogP contribution < -0.4 is 14.8 Å². The van der Waals surface area contributed by atoms with Crippen LogP contribution in [0.15, 0.2) is 42.7 Å². The van der Waals surface area contributed by atoms with E-state index in [1.807, 2.05) is 17.0 Å². The summed E-state index contributed by atoms with van der Waals surface area (Å²) in [4.78, 5) is 31.0. The van der Waals surface area contributed by atoms with Crippen LogP contribution in [0.5, 0.6) is 11.5 Å². The van der Waals surface area contributed by atoms with Gasteiger partial charge in [0.15, 0.2) is 0 Å². The standard InChI is InChI=1S/C23H29N3O4/c1-29-20-12-19(13-21(14-20)30-2)25-22(27)8-7-17-6-4-10-26(16-17)23(28)11-18-5-3-9-24-15-18/h3,5,9,12-15,17H,4,6-8,10-11,16H2,1-2H3,(H,25,27)/t17-/m1/s1. The van der Waals surface area contributed by atoms with Crippen LogP contribution in [0.3, 0.4) is 0 Å². The van der Waals surface area contributed by atoms with E-state index in [0.29, 0.717) is 42.5 Å². The van der Waals surface area contributed by atoms with Gasteiger partial charge < -0.3 is 19.7 Å². The fourth-order valence-corrected chi connectivity index (χ4v) is 3.75. The maximum atomic E-state index is 12.6. The van der Waals surface area contributed by atoms with Gasteiger partial charge in [-0.25, -0.2) is 0 Å². The van der Waals surface area contributed by atoms with Crippen molar-refractivity contribution in [2.24, 2.45) is 5.92 Å². The van der Waals surface area contributed by atoms with Gasteiger partial charge in [0.25, 0.3) is 0 Å². The molecule has 160 valence electrons. The Kier molecular flexibility index (Phi) is 7.65. The lowest BCUT2D eigenvalue weighted by Gasteiger charge is -2.33. The minimum Gasteiger partial charge on any atom is -0.497 e. The van der Waals surface area contributed by atoms with Crippen LogP contribution in [-0.2, 0) is 16.0 Å². The number of hydrogen-bond acceptors (Lipinski definition) is 5. The van der Waals surface area contributed by atoms with E-state index in [1.165, 1.54) is 0 Å². The molecule has 1 saturated heterocycles. The van der Waals surface area contributed by atoms with Crippen molar-refractivity contribution < 1.29 is 19.1 Å². The number of amides is 2. The summed E-state index contributed by atoms with van der Waals surface area (Å²) in [6.45, 7) is 1.49. The Bertz CT molecular complexity index is 835. The Hall–Kier alpha value is -3.09. The van der Waals surface area contributed by atoms with Crippen molar-refractivity contribution in [3.8, 4) is 11.5 Å². The largest absolute Gasteiger partial charge is 0.497 e. The molecule has 7 heteroatoms. The summed E-state index contributed by atoms with van der Waals surface area (Å²) in [6, 6.07) is 9.05. The Morgan fingerprint density at radius 3 is 2.63 bits per heavy atom. The number of piperidine rings is 1. The topological polar surface area (TPSA) is 80.8 Å². The number of hydrogen-bond donors (Lipinski definition) is 1. The molecule has 0 spiro atoms. The summed E-state index contributed by atoms with van der Waals surface area (Å²) < 4.78 is 10.5. The summed E-state index contributed by atoms with van der Waals surface area (Å²) >= 11 is 0. The number of pyridine rings is 1. The quantitative estimate of drug-likeness (QED) is 0.721. The number of rotatable bonds is 8. The summed E-state index contributed by atoms with van der Waals surface area (Å²) in [5.41, 5.74) is 1.57. The Morgan fingerprint density at radius 2 is 1.97 bits per heavy atom. The molecule has 3 rings (SSSR count). The molecule has 1 N–H and O–H groups in total. The molecule has 1 fully saturated rings. The molecule has 0 aliphatic carbocycles. The lowest BCUT2D eigenvalue weighted by atomic mass is 9.93. The Morgan fingerprint density at radius 1 is 1.20 bits per heavy atom. The van der Waals surface area contributed by atoms with Crippen LogP contribution in [0.2, 0.25) is 0 Å². The van der Waals surface area contributed by atoms with Crippen LogP contribution in [0.4, 0.5) is 5.69 Å². The van der Waals surface area contributed by atoms with Gasteiger partial charge in [-0.3, -0.25) is 14.6 Å². The Balaban J connectivity index is 1.48. The predicted octanol–water partition coefficient (Wildman–Crippen LogP) is 3.30. The second-order valence-electron chi connectivity index (χ2n) is 7.57. The van der Waals surface area contributed by atoms with Gasteiger partial charge in [-0.1, -0.05) is 6.07 Å². The molecule has 2 amide bonds. The van der Waals surface area contributed by atoms with E-state index in [9.17, 15) is 9.59 Å². The number of aromatic nitrogens is 1. The third-order valence-electron chi connectivity index (χ3n) is 5.36. The van der Waals surface area contributed by atoms with Gasteiger partial charge >= 0.3 is 0 Å². The first-order valence-electron chi connectivity index (χ1n) is 10.3. The van der Waals surface area contributed by atoms with Crippen molar-refractivity contribution in [1.82, 2.24) is 9.88 Å². The number of nitrogens with one attached hydrogen (secondary N) is 1. The molecule has 1 atom stereocenters. The summed E-state index contributed by atoms with van der Waals surface area (Å²) in [7, 11) is 3.15. The lowest BCUT2D eigenvalue weighted by Crippen LogP contribution is -2.40. The lowest BCUT2D eigenvalue weighted by molar-refractivity contribution is -0.132. The molecule has 0 bridgehead atoms. The Labute approximate surface area is 177 Å².